The van der Waals surface area contributed by atoms with Crippen molar-refractivity contribution in [2.45, 2.75) is 32.6 Å². The van der Waals surface area contributed by atoms with Crippen LogP contribution in [0.3, 0.4) is 0 Å². The Labute approximate surface area is 151 Å². The minimum Gasteiger partial charge on any atom is -0.382 e. The van der Waals surface area contributed by atoms with Gasteiger partial charge in [-0.25, -0.2) is 4.79 Å². The van der Waals surface area contributed by atoms with E-state index in [2.05, 4.69) is 5.32 Å². The molecule has 25 heavy (non-hydrogen) atoms. The number of quaternary nitrogens is 1. The van der Waals surface area contributed by atoms with Gasteiger partial charge in [-0.3, -0.25) is 0 Å². The Morgan fingerprint density at radius 2 is 1.84 bits per heavy atom. The van der Waals surface area contributed by atoms with Crippen LogP contribution >= 0.6 is 0 Å². The maximum Gasteiger partial charge on any atom is 0.317 e. The molecule has 0 aromatic heterocycles. The number of nitrogens with one attached hydrogen (secondary N) is 2. The van der Waals surface area contributed by atoms with Gasteiger partial charge in [0.25, 0.3) is 0 Å². The zero-order chi connectivity index (χ0) is 19.0. The number of nitrogens with zero attached hydrogens (tertiary/aromatic N) is 1. The molecule has 0 radical (unpaired) electrons. The maximum atomic E-state index is 12.2. The molecule has 0 aliphatic rings. The predicted molar refractivity (Wildman–Crippen MR) is 98.3 cm³/mol. The standard InChI is InChI=1S/C17H29N3O4S/c1-6-18-17(21)20(12-11-19(4)5)13-15-7-9-16(10-8-15)24-25(22,23)14(2)3/h7-10,14H,6,11-13H2,1-5H3,(H,18,21)/p+1. The topological polar surface area (TPSA) is 80.2 Å². The lowest BCUT2D eigenvalue weighted by atomic mass is 10.2. The first-order chi connectivity index (χ1) is 11.7. The van der Waals surface area contributed by atoms with E-state index >= 15 is 0 Å². The second-order valence-electron chi connectivity index (χ2n) is 6.48. The van der Waals surface area contributed by atoms with Crippen LogP contribution in [0.4, 0.5) is 4.79 Å². The van der Waals surface area contributed by atoms with Crippen LogP contribution in [-0.4, -0.2) is 58.3 Å². The first kappa shape index (κ1) is 21.2. The van der Waals surface area contributed by atoms with Crippen molar-refractivity contribution in [1.82, 2.24) is 10.2 Å². The van der Waals surface area contributed by atoms with Crippen molar-refractivity contribution in [1.29, 1.82) is 0 Å². The Morgan fingerprint density at radius 3 is 2.32 bits per heavy atom. The third-order valence-corrected chi connectivity index (χ3v) is 5.16. The molecule has 8 heteroatoms. The van der Waals surface area contributed by atoms with Crippen molar-refractivity contribution in [2.24, 2.45) is 0 Å². The molecule has 1 aromatic rings. The van der Waals surface area contributed by atoms with Crippen molar-refractivity contribution in [2.75, 3.05) is 33.7 Å². The fourth-order valence-corrected chi connectivity index (χ4v) is 2.55. The van der Waals surface area contributed by atoms with Gasteiger partial charge in [-0.15, -0.1) is 0 Å². The Morgan fingerprint density at radius 1 is 1.24 bits per heavy atom. The van der Waals surface area contributed by atoms with Crippen LogP contribution in [0.2, 0.25) is 0 Å². The smallest absolute Gasteiger partial charge is 0.317 e. The van der Waals surface area contributed by atoms with Gasteiger partial charge in [-0.05, 0) is 38.5 Å². The SMILES string of the molecule is CCNC(=O)N(CC[NH+](C)C)Cc1ccc(OS(=O)(=O)C(C)C)cc1. The number of benzene rings is 1. The number of hydrogen-bond donors (Lipinski definition) is 2. The Hall–Kier alpha value is -1.80. The summed E-state index contributed by atoms with van der Waals surface area (Å²) in [6.45, 7) is 7.52. The summed E-state index contributed by atoms with van der Waals surface area (Å²) in [6.07, 6.45) is 0. The quantitative estimate of drug-likeness (QED) is 0.618. The molecule has 0 aliphatic carbocycles. The van der Waals surface area contributed by atoms with E-state index in [0.29, 0.717) is 19.6 Å². The van der Waals surface area contributed by atoms with Crippen LogP contribution in [0.5, 0.6) is 5.75 Å². The molecule has 0 bridgehead atoms. The summed E-state index contributed by atoms with van der Waals surface area (Å²) in [4.78, 5) is 15.2. The zero-order valence-corrected chi connectivity index (χ0v) is 16.5. The van der Waals surface area contributed by atoms with Crippen LogP contribution in [0.15, 0.2) is 24.3 Å². The van der Waals surface area contributed by atoms with Crippen molar-refractivity contribution < 1.29 is 22.3 Å². The third-order valence-electron chi connectivity index (χ3n) is 3.58. The lowest BCUT2D eigenvalue weighted by Crippen LogP contribution is -3.06. The zero-order valence-electron chi connectivity index (χ0n) is 15.7. The molecule has 0 atom stereocenters. The molecular weight excluding hydrogens is 342 g/mol. The molecule has 2 amide bonds. The first-order valence-electron chi connectivity index (χ1n) is 8.49. The van der Waals surface area contributed by atoms with E-state index in [0.717, 1.165) is 12.1 Å². The summed E-state index contributed by atoms with van der Waals surface area (Å²) in [5.41, 5.74) is 0.911. The average molecular weight is 373 g/mol. The highest BCUT2D eigenvalue weighted by Gasteiger charge is 2.18. The molecule has 0 heterocycles. The van der Waals surface area contributed by atoms with E-state index in [1.165, 1.54) is 4.90 Å². The van der Waals surface area contributed by atoms with Gasteiger partial charge in [-0.1, -0.05) is 12.1 Å². The van der Waals surface area contributed by atoms with E-state index in [9.17, 15) is 13.2 Å². The van der Waals surface area contributed by atoms with E-state index in [4.69, 9.17) is 4.18 Å². The largest absolute Gasteiger partial charge is 0.382 e. The number of carbonyl (C=O) groups is 1. The molecule has 0 unspecified atom stereocenters. The van der Waals surface area contributed by atoms with Crippen LogP contribution < -0.4 is 14.4 Å². The van der Waals surface area contributed by atoms with Gasteiger partial charge in [0.1, 0.15) is 5.75 Å². The Balaban J connectivity index is 2.79. The second-order valence-corrected chi connectivity index (χ2v) is 8.58. The fraction of sp³-hybridized carbons (Fsp3) is 0.588. The molecule has 0 spiro atoms. The molecule has 0 fully saturated rings. The molecule has 0 saturated carbocycles. The van der Waals surface area contributed by atoms with Gasteiger partial charge in [-0.2, -0.15) is 8.42 Å². The number of amides is 2. The fourth-order valence-electron chi connectivity index (χ4n) is 1.98. The van der Waals surface area contributed by atoms with Crippen LogP contribution in [0.25, 0.3) is 0 Å². The summed E-state index contributed by atoms with van der Waals surface area (Å²) < 4.78 is 28.6. The van der Waals surface area contributed by atoms with Gasteiger partial charge >= 0.3 is 16.1 Å². The number of urea groups is 1. The predicted octanol–water partition coefficient (Wildman–Crippen LogP) is 0.480. The summed E-state index contributed by atoms with van der Waals surface area (Å²) in [5.74, 6) is 0.278. The lowest BCUT2D eigenvalue weighted by molar-refractivity contribution is -0.857. The Kier molecular flexibility index (Phi) is 8.18. The number of hydrogen-bond acceptors (Lipinski definition) is 4. The lowest BCUT2D eigenvalue weighted by Gasteiger charge is -2.23. The minimum atomic E-state index is -3.60. The number of rotatable bonds is 9. The molecule has 1 rings (SSSR count). The van der Waals surface area contributed by atoms with Gasteiger partial charge in [0, 0.05) is 13.1 Å². The monoisotopic (exact) mass is 372 g/mol. The highest BCUT2D eigenvalue weighted by atomic mass is 32.2. The van der Waals surface area contributed by atoms with E-state index < -0.39 is 15.4 Å². The van der Waals surface area contributed by atoms with Crippen LogP contribution in [0, 0.1) is 0 Å². The average Bonchev–Trinajstić information content (AvgIpc) is 2.52. The molecule has 1 aromatic carbocycles. The van der Waals surface area contributed by atoms with Gasteiger partial charge in [0.05, 0.1) is 32.4 Å². The maximum absolute atomic E-state index is 12.2. The molecular formula is C17H30N3O4S+. The normalized spacial score (nSPS) is 11.6. The molecule has 0 aliphatic heterocycles. The molecule has 142 valence electrons. The Bertz CT molecular complexity index is 642. The molecule has 7 nitrogen and oxygen atoms in total. The molecule has 2 N–H and O–H groups in total. The summed E-state index contributed by atoms with van der Waals surface area (Å²) >= 11 is 0. The first-order valence-corrected chi connectivity index (χ1v) is 9.97. The van der Waals surface area contributed by atoms with Crippen molar-refractivity contribution in [3.8, 4) is 5.75 Å². The highest BCUT2D eigenvalue weighted by molar-refractivity contribution is 7.87. The van der Waals surface area contributed by atoms with Gasteiger partial charge in [0.15, 0.2) is 0 Å². The van der Waals surface area contributed by atoms with Crippen LogP contribution in [-0.2, 0) is 16.7 Å². The van der Waals surface area contributed by atoms with Crippen molar-refractivity contribution in [3.63, 3.8) is 0 Å². The summed E-state index contributed by atoms with van der Waals surface area (Å²) in [5, 5.41) is 2.22. The van der Waals surface area contributed by atoms with Crippen molar-refractivity contribution >= 4 is 16.1 Å². The van der Waals surface area contributed by atoms with Gasteiger partial charge in [0.2, 0.25) is 0 Å². The summed E-state index contributed by atoms with van der Waals surface area (Å²) in [6, 6.07) is 6.68. The van der Waals surface area contributed by atoms with Crippen LogP contribution in [0.1, 0.15) is 26.3 Å². The van der Waals surface area contributed by atoms with E-state index in [1.807, 2.05) is 21.0 Å². The minimum absolute atomic E-state index is 0.105. The van der Waals surface area contributed by atoms with Crippen molar-refractivity contribution in [3.05, 3.63) is 29.8 Å². The highest BCUT2D eigenvalue weighted by Crippen LogP contribution is 2.17. The van der Waals surface area contributed by atoms with E-state index in [1.54, 1.807) is 43.0 Å². The number of likely N-dealkylation sites (N-methyl/N-ethyl adjacent to an activating group) is 1. The van der Waals surface area contributed by atoms with E-state index in [-0.39, 0.29) is 11.8 Å². The third kappa shape index (κ3) is 7.31. The summed E-state index contributed by atoms with van der Waals surface area (Å²) in [7, 11) is 0.474. The number of carbonyl (C=O) groups excluding carboxylic acids is 1. The van der Waals surface area contributed by atoms with Gasteiger partial charge < -0.3 is 19.3 Å². The molecule has 0 saturated heterocycles. The second kappa shape index (κ2) is 9.62.